The number of methoxy groups -OCH3 is 1. The van der Waals surface area contributed by atoms with E-state index in [9.17, 15) is 0 Å². The number of rotatable bonds is 8. The molecule has 0 radical (unpaired) electrons. The third-order valence-electron chi connectivity index (χ3n) is 3.92. The zero-order valence-corrected chi connectivity index (χ0v) is 14.7. The minimum atomic E-state index is 0.575. The van der Waals surface area contributed by atoms with Gasteiger partial charge in [-0.05, 0) is 41.5 Å². The highest BCUT2D eigenvalue weighted by molar-refractivity contribution is 5.40. The van der Waals surface area contributed by atoms with Gasteiger partial charge in [0.15, 0.2) is 0 Å². The molecule has 120 valence electrons. The van der Waals surface area contributed by atoms with Crippen molar-refractivity contribution >= 4 is 0 Å². The number of nitrogens with zero attached hydrogens (tertiary/aromatic N) is 2. The quantitative estimate of drug-likeness (QED) is 0.748. The van der Waals surface area contributed by atoms with Crippen LogP contribution in [0, 0.1) is 13.8 Å². The zero-order chi connectivity index (χ0) is 16.0. The van der Waals surface area contributed by atoms with Gasteiger partial charge in [-0.2, -0.15) is 0 Å². The van der Waals surface area contributed by atoms with Crippen LogP contribution in [-0.2, 0) is 6.54 Å². The molecule has 0 saturated carbocycles. The molecule has 4 nitrogen and oxygen atoms in total. The van der Waals surface area contributed by atoms with Crippen LogP contribution >= 0.6 is 0 Å². The topological polar surface area (TPSA) is 37.4 Å². The maximum Gasteiger partial charge on any atom is 0.128 e. The minimum Gasteiger partial charge on any atom is -0.496 e. The molecule has 0 amide bonds. The van der Waals surface area contributed by atoms with E-state index < -0.39 is 0 Å². The number of aryl methyl sites for hydroxylation is 1. The van der Waals surface area contributed by atoms with E-state index in [0.29, 0.717) is 12.1 Å². The van der Waals surface area contributed by atoms with Crippen molar-refractivity contribution in [2.75, 3.05) is 20.2 Å². The van der Waals surface area contributed by atoms with Gasteiger partial charge in [0.25, 0.3) is 0 Å². The number of pyridine rings is 1. The van der Waals surface area contributed by atoms with Gasteiger partial charge in [-0.15, -0.1) is 0 Å². The van der Waals surface area contributed by atoms with Gasteiger partial charge in [-0.3, -0.25) is 9.88 Å². The van der Waals surface area contributed by atoms with E-state index in [1.165, 1.54) is 0 Å². The van der Waals surface area contributed by atoms with Gasteiger partial charge in [-0.1, -0.05) is 0 Å². The lowest BCUT2D eigenvalue weighted by atomic mass is 10.1. The van der Waals surface area contributed by atoms with Crippen LogP contribution in [0.5, 0.6) is 5.75 Å². The molecule has 4 heteroatoms. The average Bonchev–Trinajstić information content (AvgIpc) is 2.40. The van der Waals surface area contributed by atoms with E-state index in [1.807, 2.05) is 13.1 Å². The second kappa shape index (κ2) is 8.35. The number of hydrogen-bond acceptors (Lipinski definition) is 4. The predicted octanol–water partition coefficient (Wildman–Crippen LogP) is 2.92. The number of ether oxygens (including phenoxy) is 1. The summed E-state index contributed by atoms with van der Waals surface area (Å²) in [7, 11) is 1.72. The summed E-state index contributed by atoms with van der Waals surface area (Å²) in [5, 5.41) is 3.49. The van der Waals surface area contributed by atoms with Gasteiger partial charge in [0.05, 0.1) is 12.8 Å². The van der Waals surface area contributed by atoms with Crippen LogP contribution in [-0.4, -0.2) is 42.2 Å². The van der Waals surface area contributed by atoms with Crippen LogP contribution in [0.15, 0.2) is 6.20 Å². The van der Waals surface area contributed by atoms with Crippen LogP contribution in [0.25, 0.3) is 0 Å². The predicted molar refractivity (Wildman–Crippen MR) is 88.9 cm³/mol. The van der Waals surface area contributed by atoms with Crippen molar-refractivity contribution in [1.82, 2.24) is 15.2 Å². The molecule has 0 atom stereocenters. The fourth-order valence-corrected chi connectivity index (χ4v) is 2.78. The van der Waals surface area contributed by atoms with Crippen molar-refractivity contribution in [1.29, 1.82) is 0 Å². The fraction of sp³-hybridized carbons (Fsp3) is 0.706. The van der Waals surface area contributed by atoms with Crippen molar-refractivity contribution in [3.05, 3.63) is 23.0 Å². The first-order chi connectivity index (χ1) is 9.88. The van der Waals surface area contributed by atoms with Gasteiger partial charge in [0.2, 0.25) is 0 Å². The summed E-state index contributed by atoms with van der Waals surface area (Å²) in [6, 6.07) is 1.15. The molecule has 0 aliphatic heterocycles. The number of nitrogens with one attached hydrogen (secondary N) is 1. The highest BCUT2D eigenvalue weighted by Gasteiger charge is 2.13. The van der Waals surface area contributed by atoms with Gasteiger partial charge in [-0.25, -0.2) is 0 Å². The Morgan fingerprint density at radius 2 is 1.81 bits per heavy atom. The van der Waals surface area contributed by atoms with Crippen molar-refractivity contribution in [3.63, 3.8) is 0 Å². The molecule has 1 aromatic heterocycles. The van der Waals surface area contributed by atoms with Crippen LogP contribution in [0.4, 0.5) is 0 Å². The normalized spacial score (nSPS) is 11.7. The summed E-state index contributed by atoms with van der Waals surface area (Å²) in [5.41, 5.74) is 3.29. The third kappa shape index (κ3) is 4.97. The molecule has 0 spiro atoms. The first-order valence-electron chi connectivity index (χ1n) is 7.84. The maximum absolute atomic E-state index is 5.45. The van der Waals surface area contributed by atoms with E-state index in [0.717, 1.165) is 42.2 Å². The second-order valence-electron chi connectivity index (χ2n) is 6.15. The van der Waals surface area contributed by atoms with E-state index in [4.69, 9.17) is 4.74 Å². The van der Waals surface area contributed by atoms with Crippen molar-refractivity contribution in [2.24, 2.45) is 0 Å². The molecule has 21 heavy (non-hydrogen) atoms. The maximum atomic E-state index is 5.45. The molecular formula is C17H31N3O. The summed E-state index contributed by atoms with van der Waals surface area (Å²) in [5.74, 6) is 0.952. The summed E-state index contributed by atoms with van der Waals surface area (Å²) >= 11 is 0. The second-order valence-corrected chi connectivity index (χ2v) is 6.15. The molecule has 0 aliphatic rings. The SMILES string of the molecule is COc1c(C)cnc(CNCCN(C(C)C)C(C)C)c1C. The number of hydrogen-bond donors (Lipinski definition) is 1. The molecule has 0 fully saturated rings. The van der Waals surface area contributed by atoms with Crippen LogP contribution in [0.3, 0.4) is 0 Å². The molecule has 1 heterocycles. The Hall–Kier alpha value is -1.13. The van der Waals surface area contributed by atoms with Crippen molar-refractivity contribution in [2.45, 2.75) is 60.2 Å². The Balaban J connectivity index is 2.53. The summed E-state index contributed by atoms with van der Waals surface area (Å²) in [6.07, 6.45) is 1.89. The summed E-state index contributed by atoms with van der Waals surface area (Å²) in [4.78, 5) is 7.01. The molecule has 0 aromatic carbocycles. The fourth-order valence-electron chi connectivity index (χ4n) is 2.78. The first-order valence-corrected chi connectivity index (χ1v) is 7.84. The van der Waals surface area contributed by atoms with Crippen molar-refractivity contribution < 1.29 is 4.74 Å². The van der Waals surface area contributed by atoms with Gasteiger partial charge in [0, 0.05) is 49.0 Å². The molecule has 0 saturated heterocycles. The Labute approximate surface area is 129 Å². The third-order valence-corrected chi connectivity index (χ3v) is 3.92. The van der Waals surface area contributed by atoms with Crippen LogP contribution in [0.1, 0.15) is 44.5 Å². The summed E-state index contributed by atoms with van der Waals surface area (Å²) in [6.45, 7) is 15.9. The lowest BCUT2D eigenvalue weighted by molar-refractivity contribution is 0.175. The van der Waals surface area contributed by atoms with E-state index >= 15 is 0 Å². The van der Waals surface area contributed by atoms with Crippen LogP contribution in [0.2, 0.25) is 0 Å². The molecule has 1 N–H and O–H groups in total. The molecule has 1 rings (SSSR count). The highest BCUT2D eigenvalue weighted by Crippen LogP contribution is 2.23. The largest absolute Gasteiger partial charge is 0.496 e. The lowest BCUT2D eigenvalue weighted by Crippen LogP contribution is -2.41. The Bertz CT molecular complexity index is 436. The van der Waals surface area contributed by atoms with Gasteiger partial charge in [0.1, 0.15) is 5.75 Å². The average molecular weight is 293 g/mol. The van der Waals surface area contributed by atoms with E-state index in [2.05, 4.69) is 49.8 Å². The lowest BCUT2D eigenvalue weighted by Gasteiger charge is -2.30. The van der Waals surface area contributed by atoms with E-state index in [1.54, 1.807) is 7.11 Å². The standard InChI is InChI=1S/C17H31N3O/c1-12(2)20(13(3)4)9-8-18-11-16-15(6)17(21-7)14(5)10-19-16/h10,12-13,18H,8-9,11H2,1-7H3. The molecule has 1 aromatic rings. The summed E-state index contributed by atoms with van der Waals surface area (Å²) < 4.78 is 5.45. The van der Waals surface area contributed by atoms with Crippen LogP contribution < -0.4 is 10.1 Å². The number of aromatic nitrogens is 1. The Morgan fingerprint density at radius 1 is 1.19 bits per heavy atom. The highest BCUT2D eigenvalue weighted by atomic mass is 16.5. The first kappa shape index (κ1) is 17.9. The minimum absolute atomic E-state index is 0.575. The smallest absolute Gasteiger partial charge is 0.128 e. The Kier molecular flexibility index (Phi) is 7.12. The molecular weight excluding hydrogens is 262 g/mol. The molecule has 0 bridgehead atoms. The zero-order valence-electron chi connectivity index (χ0n) is 14.7. The Morgan fingerprint density at radius 3 is 2.33 bits per heavy atom. The monoisotopic (exact) mass is 293 g/mol. The van der Waals surface area contributed by atoms with Crippen molar-refractivity contribution in [3.8, 4) is 5.75 Å². The van der Waals surface area contributed by atoms with Gasteiger partial charge < -0.3 is 10.1 Å². The molecule has 0 unspecified atom stereocenters. The van der Waals surface area contributed by atoms with Gasteiger partial charge >= 0.3 is 0 Å². The molecule has 0 aliphatic carbocycles. The van der Waals surface area contributed by atoms with E-state index in [-0.39, 0.29) is 0 Å².